The van der Waals surface area contributed by atoms with E-state index in [0.717, 1.165) is 6.20 Å². The molecule has 0 fully saturated rings. The minimum absolute atomic E-state index is 0.0857. The van der Waals surface area contributed by atoms with Gasteiger partial charge >= 0.3 is 0 Å². The van der Waals surface area contributed by atoms with Crippen molar-refractivity contribution < 1.29 is 14.8 Å². The molecule has 1 aromatic carbocycles. The van der Waals surface area contributed by atoms with Crippen LogP contribution >= 0.6 is 0 Å². The van der Waals surface area contributed by atoms with Gasteiger partial charge in [0.05, 0.1) is 11.5 Å². The van der Waals surface area contributed by atoms with E-state index in [0.29, 0.717) is 17.9 Å². The summed E-state index contributed by atoms with van der Waals surface area (Å²) < 4.78 is 5.13. The number of rotatable bonds is 4. The lowest BCUT2D eigenvalue weighted by molar-refractivity contribution is -0.400. The second kappa shape index (κ2) is 4.99. The average molecular weight is 209 g/mol. The van der Waals surface area contributed by atoms with E-state index >= 15 is 0 Å². The van der Waals surface area contributed by atoms with Crippen molar-refractivity contribution in [3.63, 3.8) is 0 Å². The molecule has 80 valence electrons. The molecular weight excluding hydrogens is 198 g/mol. The molecule has 0 unspecified atom stereocenters. The molecule has 0 atom stereocenters. The third kappa shape index (κ3) is 2.98. The third-order valence-electron chi connectivity index (χ3n) is 1.71. The molecule has 0 aliphatic heterocycles. The molecule has 1 aromatic rings. The molecule has 1 N–H and O–H groups in total. The highest BCUT2D eigenvalue weighted by molar-refractivity contribution is 5.60. The van der Waals surface area contributed by atoms with Crippen molar-refractivity contribution in [2.45, 2.75) is 6.92 Å². The summed E-state index contributed by atoms with van der Waals surface area (Å²) in [5.41, 5.74) is 0.359. The first-order valence-electron chi connectivity index (χ1n) is 4.41. The molecule has 0 saturated carbocycles. The predicted molar refractivity (Wildman–Crippen MR) is 55.3 cm³/mol. The molecule has 0 aliphatic rings. The molecule has 0 saturated heterocycles. The highest BCUT2D eigenvalue weighted by Gasteiger charge is 2.05. The Labute approximate surface area is 86.8 Å². The number of benzene rings is 1. The summed E-state index contributed by atoms with van der Waals surface area (Å²) in [6.07, 6.45) is 1.99. The normalized spacial score (nSPS) is 10.5. The van der Waals surface area contributed by atoms with Crippen LogP contribution in [0.4, 0.5) is 0 Å². The molecule has 5 heteroatoms. The molecule has 0 aromatic heterocycles. The maximum absolute atomic E-state index is 10.1. The summed E-state index contributed by atoms with van der Waals surface area (Å²) in [6, 6.07) is 4.82. The van der Waals surface area contributed by atoms with Crippen molar-refractivity contribution in [1.82, 2.24) is 0 Å². The maximum atomic E-state index is 10.1. The standard InChI is InChI=1S/C10H11NO4/c1-2-15-9-5-3-4-8(10(9)12)6-7-11(13)14/h3-7,12H,2H2,1H3/b7-6+. The van der Waals surface area contributed by atoms with Crippen LogP contribution in [-0.4, -0.2) is 16.6 Å². The quantitative estimate of drug-likeness (QED) is 0.608. The van der Waals surface area contributed by atoms with Gasteiger partial charge in [0.2, 0.25) is 6.20 Å². The molecule has 0 radical (unpaired) electrons. The monoisotopic (exact) mass is 209 g/mol. The molecule has 15 heavy (non-hydrogen) atoms. The fraction of sp³-hybridized carbons (Fsp3) is 0.200. The molecule has 0 bridgehead atoms. The summed E-state index contributed by atoms with van der Waals surface area (Å²) in [5.74, 6) is 0.237. The van der Waals surface area contributed by atoms with Crippen LogP contribution in [0.25, 0.3) is 6.08 Å². The summed E-state index contributed by atoms with van der Waals surface area (Å²) in [5, 5.41) is 19.7. The van der Waals surface area contributed by atoms with E-state index < -0.39 is 4.92 Å². The van der Waals surface area contributed by atoms with Crippen molar-refractivity contribution in [2.75, 3.05) is 6.61 Å². The molecular formula is C10H11NO4. The van der Waals surface area contributed by atoms with E-state index in [9.17, 15) is 15.2 Å². The van der Waals surface area contributed by atoms with Crippen molar-refractivity contribution in [3.05, 3.63) is 40.1 Å². The Hall–Kier alpha value is -2.04. The van der Waals surface area contributed by atoms with Crippen LogP contribution in [-0.2, 0) is 0 Å². The topological polar surface area (TPSA) is 72.6 Å². The zero-order valence-electron chi connectivity index (χ0n) is 8.21. The third-order valence-corrected chi connectivity index (χ3v) is 1.71. The Balaban J connectivity index is 2.98. The largest absolute Gasteiger partial charge is 0.504 e. The smallest absolute Gasteiger partial charge is 0.235 e. The van der Waals surface area contributed by atoms with Crippen LogP contribution < -0.4 is 4.74 Å². The Bertz CT molecular complexity index is 387. The van der Waals surface area contributed by atoms with Crippen molar-refractivity contribution >= 4 is 6.08 Å². The number of hydrogen-bond donors (Lipinski definition) is 1. The van der Waals surface area contributed by atoms with Gasteiger partial charge in [-0.2, -0.15) is 0 Å². The Morgan fingerprint density at radius 3 is 2.93 bits per heavy atom. The zero-order valence-corrected chi connectivity index (χ0v) is 8.21. The van der Waals surface area contributed by atoms with Gasteiger partial charge in [0.1, 0.15) is 0 Å². The van der Waals surface area contributed by atoms with Crippen LogP contribution in [0.3, 0.4) is 0 Å². The summed E-state index contributed by atoms with van der Waals surface area (Å²) in [6.45, 7) is 2.22. The first-order chi connectivity index (χ1) is 7.15. The minimum Gasteiger partial charge on any atom is -0.504 e. The Kier molecular flexibility index (Phi) is 3.68. The van der Waals surface area contributed by atoms with E-state index in [1.807, 2.05) is 0 Å². The van der Waals surface area contributed by atoms with E-state index in [1.54, 1.807) is 25.1 Å². The molecule has 0 aliphatic carbocycles. The van der Waals surface area contributed by atoms with Gasteiger partial charge in [0.25, 0.3) is 0 Å². The SMILES string of the molecule is CCOc1cccc(/C=C/[N+](=O)[O-])c1O. The summed E-state index contributed by atoms with van der Waals surface area (Å²) >= 11 is 0. The molecule has 0 spiro atoms. The van der Waals surface area contributed by atoms with E-state index in [1.165, 1.54) is 6.08 Å². The van der Waals surface area contributed by atoms with Crippen LogP contribution in [0.5, 0.6) is 11.5 Å². The Morgan fingerprint density at radius 2 is 2.33 bits per heavy atom. The lowest BCUT2D eigenvalue weighted by Gasteiger charge is -2.06. The molecule has 1 rings (SSSR count). The number of ether oxygens (including phenoxy) is 1. The fourth-order valence-electron chi connectivity index (χ4n) is 1.09. The van der Waals surface area contributed by atoms with E-state index in [-0.39, 0.29) is 5.75 Å². The van der Waals surface area contributed by atoms with E-state index in [4.69, 9.17) is 4.74 Å². The van der Waals surface area contributed by atoms with Gasteiger partial charge in [-0.15, -0.1) is 0 Å². The second-order valence-corrected chi connectivity index (χ2v) is 2.73. The Morgan fingerprint density at radius 1 is 1.60 bits per heavy atom. The highest BCUT2D eigenvalue weighted by atomic mass is 16.6. The second-order valence-electron chi connectivity index (χ2n) is 2.73. The minimum atomic E-state index is -0.590. The summed E-state index contributed by atoms with van der Waals surface area (Å²) in [7, 11) is 0. The molecule has 5 nitrogen and oxygen atoms in total. The van der Waals surface area contributed by atoms with Crippen LogP contribution in [0.15, 0.2) is 24.4 Å². The lowest BCUT2D eigenvalue weighted by atomic mass is 10.2. The van der Waals surface area contributed by atoms with Crippen LogP contribution in [0, 0.1) is 10.1 Å². The van der Waals surface area contributed by atoms with Gasteiger partial charge in [0, 0.05) is 11.6 Å². The van der Waals surface area contributed by atoms with Gasteiger partial charge < -0.3 is 9.84 Å². The van der Waals surface area contributed by atoms with Gasteiger partial charge in [-0.1, -0.05) is 12.1 Å². The van der Waals surface area contributed by atoms with E-state index in [2.05, 4.69) is 0 Å². The van der Waals surface area contributed by atoms with Gasteiger partial charge in [-0.05, 0) is 13.0 Å². The van der Waals surface area contributed by atoms with Crippen LogP contribution in [0.1, 0.15) is 12.5 Å². The molecule has 0 amide bonds. The van der Waals surface area contributed by atoms with Crippen molar-refractivity contribution in [3.8, 4) is 11.5 Å². The van der Waals surface area contributed by atoms with Crippen molar-refractivity contribution in [1.29, 1.82) is 0 Å². The highest BCUT2D eigenvalue weighted by Crippen LogP contribution is 2.30. The number of aromatic hydroxyl groups is 1. The zero-order chi connectivity index (χ0) is 11.3. The number of nitro groups is 1. The first-order valence-corrected chi connectivity index (χ1v) is 4.41. The number of para-hydroxylation sites is 1. The number of nitrogens with zero attached hydrogens (tertiary/aromatic N) is 1. The summed E-state index contributed by atoms with van der Waals surface area (Å²) in [4.78, 5) is 9.51. The van der Waals surface area contributed by atoms with Gasteiger partial charge in [-0.3, -0.25) is 10.1 Å². The number of phenolic OH excluding ortho intramolecular Hbond substituents is 1. The first kappa shape index (κ1) is 11.0. The van der Waals surface area contributed by atoms with Crippen LogP contribution in [0.2, 0.25) is 0 Å². The predicted octanol–water partition coefficient (Wildman–Crippen LogP) is 2.04. The lowest BCUT2D eigenvalue weighted by Crippen LogP contribution is -1.92. The molecule has 0 heterocycles. The maximum Gasteiger partial charge on any atom is 0.235 e. The number of phenols is 1. The van der Waals surface area contributed by atoms with Gasteiger partial charge in [0.15, 0.2) is 11.5 Å². The van der Waals surface area contributed by atoms with Gasteiger partial charge in [-0.25, -0.2) is 0 Å². The average Bonchev–Trinajstić information content (AvgIpc) is 2.19. The van der Waals surface area contributed by atoms with Crippen molar-refractivity contribution in [2.24, 2.45) is 0 Å². The number of hydrogen-bond acceptors (Lipinski definition) is 4. The fourth-order valence-corrected chi connectivity index (χ4v) is 1.09.